The summed E-state index contributed by atoms with van der Waals surface area (Å²) in [5, 5.41) is 3.58. The molecule has 3 aromatic rings. The number of likely N-dealkylation sites (tertiary alicyclic amines) is 1. The number of benzene rings is 1. The number of pyridine rings is 1. The number of fused-ring (bicyclic) bond motifs is 1. The lowest BCUT2D eigenvalue weighted by molar-refractivity contribution is 0.0767. The summed E-state index contributed by atoms with van der Waals surface area (Å²) in [5.41, 5.74) is 1.33. The van der Waals surface area contributed by atoms with E-state index in [1.807, 2.05) is 35.7 Å². The molecule has 0 bridgehead atoms. The number of carbonyl (C=O) groups excluding carboxylic acids is 1. The molecule has 4 rings (SSSR count). The van der Waals surface area contributed by atoms with Crippen LogP contribution in [0.1, 0.15) is 16.9 Å². The minimum absolute atomic E-state index is 0.00514. The highest BCUT2D eigenvalue weighted by molar-refractivity contribution is 7.11. The van der Waals surface area contributed by atoms with Crippen molar-refractivity contribution in [2.45, 2.75) is 12.5 Å². The Balaban J connectivity index is 1.48. The monoisotopic (exact) mass is 325 g/mol. The second kappa shape index (κ2) is 5.96. The maximum absolute atomic E-state index is 12.6. The molecule has 6 heteroatoms. The van der Waals surface area contributed by atoms with Crippen LogP contribution < -0.4 is 4.74 Å². The molecule has 3 heterocycles. The van der Waals surface area contributed by atoms with Crippen molar-refractivity contribution in [3.63, 3.8) is 0 Å². The molecule has 1 fully saturated rings. The maximum Gasteiger partial charge on any atom is 0.273 e. The third-order valence-electron chi connectivity index (χ3n) is 3.93. The second-order valence-electron chi connectivity index (χ2n) is 5.47. The number of hydrogen-bond donors (Lipinski definition) is 0. The maximum atomic E-state index is 12.6. The molecular weight excluding hydrogens is 310 g/mol. The van der Waals surface area contributed by atoms with E-state index < -0.39 is 0 Å². The largest absolute Gasteiger partial charge is 0.465 e. The van der Waals surface area contributed by atoms with Crippen LogP contribution in [-0.2, 0) is 0 Å². The molecule has 1 aromatic carbocycles. The summed E-state index contributed by atoms with van der Waals surface area (Å²) in [6.07, 6.45) is 2.54. The van der Waals surface area contributed by atoms with Gasteiger partial charge in [-0.15, -0.1) is 0 Å². The molecule has 116 valence electrons. The Labute approximate surface area is 137 Å². The number of para-hydroxylation sites is 1. The zero-order valence-electron chi connectivity index (χ0n) is 12.4. The summed E-state index contributed by atoms with van der Waals surface area (Å²) < 4.78 is 5.79. The topological polar surface area (TPSA) is 55.3 Å². The lowest BCUT2D eigenvalue weighted by atomic mass is 10.2. The van der Waals surface area contributed by atoms with Gasteiger partial charge in [-0.25, -0.2) is 9.97 Å². The Morgan fingerprint density at radius 2 is 2.17 bits per heavy atom. The van der Waals surface area contributed by atoms with E-state index in [-0.39, 0.29) is 12.0 Å². The van der Waals surface area contributed by atoms with Gasteiger partial charge in [0.1, 0.15) is 11.8 Å². The molecule has 0 saturated carbocycles. The lowest BCUT2D eigenvalue weighted by Crippen LogP contribution is -2.31. The second-order valence-corrected chi connectivity index (χ2v) is 6.32. The van der Waals surface area contributed by atoms with Crippen LogP contribution >= 0.6 is 11.3 Å². The van der Waals surface area contributed by atoms with Crippen LogP contribution in [-0.4, -0.2) is 40.0 Å². The summed E-state index contributed by atoms with van der Waals surface area (Å²) in [6.45, 7) is 1.26. The number of carbonyl (C=O) groups is 1. The Morgan fingerprint density at radius 3 is 3.04 bits per heavy atom. The van der Waals surface area contributed by atoms with Crippen LogP contribution in [0, 0.1) is 0 Å². The SMILES string of the molecule is O=C(c1ccc2ccccc2n1)N1CCC(Oc2nccs2)C1. The molecule has 0 aliphatic carbocycles. The Kier molecular flexibility index (Phi) is 3.67. The zero-order valence-corrected chi connectivity index (χ0v) is 13.2. The van der Waals surface area contributed by atoms with Crippen molar-refractivity contribution in [3.05, 3.63) is 53.7 Å². The van der Waals surface area contributed by atoms with Crippen LogP contribution in [0.5, 0.6) is 5.19 Å². The molecular formula is C17H15N3O2S. The molecule has 1 aliphatic heterocycles. The van der Waals surface area contributed by atoms with Gasteiger partial charge in [0.15, 0.2) is 0 Å². The third-order valence-corrected chi connectivity index (χ3v) is 4.59. The Morgan fingerprint density at radius 1 is 1.26 bits per heavy atom. The molecule has 23 heavy (non-hydrogen) atoms. The molecule has 1 amide bonds. The summed E-state index contributed by atoms with van der Waals surface area (Å²) in [6, 6.07) is 11.5. The number of hydrogen-bond acceptors (Lipinski definition) is 5. The first-order valence-corrected chi connectivity index (χ1v) is 8.39. The van der Waals surface area contributed by atoms with Gasteiger partial charge in [0.2, 0.25) is 0 Å². The summed E-state index contributed by atoms with van der Waals surface area (Å²) in [7, 11) is 0. The van der Waals surface area contributed by atoms with Crippen molar-refractivity contribution < 1.29 is 9.53 Å². The third kappa shape index (κ3) is 2.90. The van der Waals surface area contributed by atoms with E-state index in [4.69, 9.17) is 4.74 Å². The summed E-state index contributed by atoms with van der Waals surface area (Å²) in [4.78, 5) is 23.0. The van der Waals surface area contributed by atoms with E-state index in [0.717, 1.165) is 17.3 Å². The van der Waals surface area contributed by atoms with Crippen molar-refractivity contribution in [1.82, 2.24) is 14.9 Å². The molecule has 1 atom stereocenters. The first-order valence-electron chi connectivity index (χ1n) is 7.51. The first-order chi connectivity index (χ1) is 11.3. The molecule has 0 N–H and O–H groups in total. The minimum Gasteiger partial charge on any atom is -0.465 e. The van der Waals surface area contributed by atoms with Gasteiger partial charge in [-0.3, -0.25) is 4.79 Å². The average Bonchev–Trinajstić information content (AvgIpc) is 3.26. The minimum atomic E-state index is -0.0407. The van der Waals surface area contributed by atoms with E-state index in [9.17, 15) is 4.79 Å². The highest BCUT2D eigenvalue weighted by Crippen LogP contribution is 2.21. The van der Waals surface area contributed by atoms with E-state index in [1.54, 1.807) is 17.2 Å². The van der Waals surface area contributed by atoms with Gasteiger partial charge in [-0.1, -0.05) is 35.6 Å². The van der Waals surface area contributed by atoms with Gasteiger partial charge in [0.05, 0.1) is 12.1 Å². The molecule has 0 radical (unpaired) electrons. The van der Waals surface area contributed by atoms with Crippen LogP contribution in [0.15, 0.2) is 48.0 Å². The van der Waals surface area contributed by atoms with E-state index in [1.165, 1.54) is 11.3 Å². The standard InChI is InChI=1S/C17H15N3O2S/c21-16(15-6-5-12-3-1-2-4-14(12)19-15)20-9-7-13(11-20)22-17-18-8-10-23-17/h1-6,8,10,13H,7,9,11H2. The summed E-state index contributed by atoms with van der Waals surface area (Å²) in [5.74, 6) is -0.0407. The quantitative estimate of drug-likeness (QED) is 0.743. The highest BCUT2D eigenvalue weighted by Gasteiger charge is 2.29. The zero-order chi connectivity index (χ0) is 15.6. The number of ether oxygens (including phenoxy) is 1. The number of thiazole rings is 1. The number of aromatic nitrogens is 2. The van der Waals surface area contributed by atoms with Gasteiger partial charge in [-0.2, -0.15) is 0 Å². The first kappa shape index (κ1) is 14.1. The van der Waals surface area contributed by atoms with Gasteiger partial charge in [0.25, 0.3) is 11.1 Å². The molecule has 2 aromatic heterocycles. The van der Waals surface area contributed by atoms with Crippen LogP contribution in [0.4, 0.5) is 0 Å². The van der Waals surface area contributed by atoms with Crippen molar-refractivity contribution in [2.24, 2.45) is 0 Å². The lowest BCUT2D eigenvalue weighted by Gasteiger charge is -2.16. The van der Waals surface area contributed by atoms with Crippen LogP contribution in [0.2, 0.25) is 0 Å². The average molecular weight is 325 g/mol. The fourth-order valence-electron chi connectivity index (χ4n) is 2.77. The molecule has 1 unspecified atom stereocenters. The number of nitrogens with zero attached hydrogens (tertiary/aromatic N) is 3. The summed E-state index contributed by atoms with van der Waals surface area (Å²) >= 11 is 1.47. The predicted octanol–water partition coefficient (Wildman–Crippen LogP) is 2.98. The van der Waals surface area contributed by atoms with E-state index >= 15 is 0 Å². The molecule has 5 nitrogen and oxygen atoms in total. The highest BCUT2D eigenvalue weighted by atomic mass is 32.1. The Bertz CT molecular complexity index is 835. The van der Waals surface area contributed by atoms with E-state index in [0.29, 0.717) is 24.0 Å². The van der Waals surface area contributed by atoms with Crippen LogP contribution in [0.25, 0.3) is 10.9 Å². The van der Waals surface area contributed by atoms with Crippen molar-refractivity contribution in [2.75, 3.05) is 13.1 Å². The van der Waals surface area contributed by atoms with Gasteiger partial charge in [0, 0.05) is 29.9 Å². The van der Waals surface area contributed by atoms with Crippen LogP contribution in [0.3, 0.4) is 0 Å². The normalized spacial score (nSPS) is 17.6. The fourth-order valence-corrected chi connectivity index (χ4v) is 3.32. The molecule has 0 spiro atoms. The molecule has 1 aliphatic rings. The number of amides is 1. The Hall–Kier alpha value is -2.47. The van der Waals surface area contributed by atoms with Crippen molar-refractivity contribution >= 4 is 28.1 Å². The fraction of sp³-hybridized carbons (Fsp3) is 0.235. The van der Waals surface area contributed by atoms with Gasteiger partial charge < -0.3 is 9.64 Å². The predicted molar refractivity (Wildman–Crippen MR) is 88.8 cm³/mol. The van der Waals surface area contributed by atoms with Gasteiger partial charge >= 0.3 is 0 Å². The smallest absolute Gasteiger partial charge is 0.273 e. The van der Waals surface area contributed by atoms with Crippen molar-refractivity contribution in [3.8, 4) is 5.19 Å². The van der Waals surface area contributed by atoms with Crippen molar-refractivity contribution in [1.29, 1.82) is 0 Å². The van der Waals surface area contributed by atoms with E-state index in [2.05, 4.69) is 9.97 Å². The molecule has 1 saturated heterocycles. The number of rotatable bonds is 3. The van der Waals surface area contributed by atoms with Gasteiger partial charge in [-0.05, 0) is 12.1 Å².